The van der Waals surface area contributed by atoms with Crippen molar-refractivity contribution >= 4 is 13.9 Å². The Kier molecular flexibility index (Phi) is 14.2. The van der Waals surface area contributed by atoms with Crippen molar-refractivity contribution in [3.05, 3.63) is 89.6 Å². The fourth-order valence-corrected chi connectivity index (χ4v) is 6.44. The first-order valence-corrected chi connectivity index (χ1v) is 18.1. The molecule has 0 amide bonds. The molecule has 1 aliphatic rings. The van der Waals surface area contributed by atoms with Gasteiger partial charge >= 0.3 is 7.82 Å². The minimum atomic E-state index is -4.53. The Labute approximate surface area is 269 Å². The predicted octanol–water partition coefficient (Wildman–Crippen LogP) is 10.3. The highest BCUT2D eigenvalue weighted by Gasteiger charge is 2.28. The van der Waals surface area contributed by atoms with Crippen molar-refractivity contribution in [2.24, 2.45) is 0 Å². The number of hydrogen-bond donors (Lipinski definition) is 1. The summed E-state index contributed by atoms with van der Waals surface area (Å²) in [7, 11) is -3.04. The largest absolute Gasteiger partial charge is 0.585 e. The Hall–Kier alpha value is -3.41. The number of rotatable bonds is 21. The van der Waals surface area contributed by atoms with Gasteiger partial charge < -0.3 is 23.4 Å². The van der Waals surface area contributed by atoms with Gasteiger partial charge in [0.25, 0.3) is 0 Å². The van der Waals surface area contributed by atoms with Gasteiger partial charge in [0.15, 0.2) is 11.5 Å². The maximum Gasteiger partial charge on any atom is 0.585 e. The minimum Gasteiger partial charge on any atom is -0.490 e. The van der Waals surface area contributed by atoms with Crippen LogP contribution in [0.2, 0.25) is 0 Å². The summed E-state index contributed by atoms with van der Waals surface area (Å²) in [5, 5.41) is 0. The molecule has 1 unspecified atom stereocenters. The summed E-state index contributed by atoms with van der Waals surface area (Å²) in [6, 6.07) is 20.5. The monoisotopic (exact) mass is 635 g/mol. The van der Waals surface area contributed by atoms with E-state index in [1.807, 2.05) is 18.2 Å². The van der Waals surface area contributed by atoms with Gasteiger partial charge in [-0.05, 0) is 53.5 Å². The van der Waals surface area contributed by atoms with E-state index in [0.717, 1.165) is 24.9 Å². The van der Waals surface area contributed by atoms with Gasteiger partial charge in [-0.15, -0.1) is 0 Å². The second-order valence-electron chi connectivity index (χ2n) is 11.7. The first-order chi connectivity index (χ1) is 22.0. The van der Waals surface area contributed by atoms with E-state index in [1.165, 1.54) is 82.4 Å². The molecule has 0 radical (unpaired) electrons. The Morgan fingerprint density at radius 3 is 2.18 bits per heavy atom. The summed E-state index contributed by atoms with van der Waals surface area (Å²) in [5.74, 6) is 1.07. The summed E-state index contributed by atoms with van der Waals surface area (Å²) >= 11 is 0. The van der Waals surface area contributed by atoms with E-state index in [0.29, 0.717) is 18.9 Å². The topological polar surface area (TPSA) is 77.5 Å². The van der Waals surface area contributed by atoms with Crippen LogP contribution in [0, 0.1) is 0 Å². The van der Waals surface area contributed by atoms with E-state index in [9.17, 15) is 9.46 Å². The van der Waals surface area contributed by atoms with E-state index in [1.54, 1.807) is 36.4 Å². The number of benzene rings is 3. The number of nitrogens with zero attached hydrogens (tertiary/aromatic N) is 1. The molecule has 244 valence electrons. The van der Waals surface area contributed by atoms with Crippen LogP contribution in [0.25, 0.3) is 6.08 Å². The van der Waals surface area contributed by atoms with Gasteiger partial charge in [-0.25, -0.2) is 4.57 Å². The highest BCUT2D eigenvalue weighted by molar-refractivity contribution is 7.48. The third kappa shape index (κ3) is 11.8. The lowest BCUT2D eigenvalue weighted by Crippen LogP contribution is -2.19. The minimum absolute atomic E-state index is 0.0869. The first kappa shape index (κ1) is 34.5. The van der Waals surface area contributed by atoms with Crippen molar-refractivity contribution in [1.29, 1.82) is 0 Å². The number of phosphoric acid groups is 1. The second kappa shape index (κ2) is 18.5. The molecule has 1 N–H and O–H groups in total. The molecular weight excluding hydrogens is 585 g/mol. The fourth-order valence-electron chi connectivity index (χ4n) is 5.63. The van der Waals surface area contributed by atoms with Crippen molar-refractivity contribution in [1.82, 2.24) is 4.90 Å². The highest BCUT2D eigenvalue weighted by atomic mass is 31.2. The molecule has 4 rings (SSSR count). The number of methoxy groups -OCH3 is 1. The first-order valence-electron chi connectivity index (χ1n) is 16.6. The van der Waals surface area contributed by atoms with Crippen LogP contribution >= 0.6 is 7.82 Å². The van der Waals surface area contributed by atoms with Gasteiger partial charge in [0.05, 0.1) is 13.7 Å². The molecule has 0 saturated heterocycles. The van der Waals surface area contributed by atoms with Gasteiger partial charge in [-0.3, -0.25) is 4.89 Å². The van der Waals surface area contributed by atoms with Gasteiger partial charge in [-0.1, -0.05) is 120 Å². The molecule has 1 atom stereocenters. The molecule has 0 spiro atoms. The summed E-state index contributed by atoms with van der Waals surface area (Å²) in [6.07, 6.45) is 19.5. The van der Waals surface area contributed by atoms with Gasteiger partial charge in [0.1, 0.15) is 5.75 Å². The molecule has 3 aromatic carbocycles. The van der Waals surface area contributed by atoms with Gasteiger partial charge in [0, 0.05) is 19.3 Å². The van der Waals surface area contributed by atoms with Gasteiger partial charge in [0.2, 0.25) is 5.75 Å². The summed E-state index contributed by atoms with van der Waals surface area (Å²) in [6.45, 7) is 4.21. The molecule has 7 nitrogen and oxygen atoms in total. The van der Waals surface area contributed by atoms with Gasteiger partial charge in [-0.2, -0.15) is 0 Å². The van der Waals surface area contributed by atoms with Crippen LogP contribution in [0.1, 0.15) is 101 Å². The summed E-state index contributed by atoms with van der Waals surface area (Å²) in [5.41, 5.74) is 3.43. The van der Waals surface area contributed by atoms with Crippen LogP contribution < -0.4 is 18.5 Å². The molecular formula is C37H50NO6P. The number of phosphoric ester groups is 1. The lowest BCUT2D eigenvalue weighted by molar-refractivity contribution is 0.267. The van der Waals surface area contributed by atoms with E-state index in [2.05, 4.69) is 36.2 Å². The average molecular weight is 636 g/mol. The maximum absolute atomic E-state index is 13.0. The van der Waals surface area contributed by atoms with Crippen LogP contribution in [0.15, 0.2) is 72.9 Å². The normalized spacial score (nSPS) is 13.6. The van der Waals surface area contributed by atoms with Crippen molar-refractivity contribution in [3.63, 3.8) is 0 Å². The lowest BCUT2D eigenvalue weighted by atomic mass is 10.0. The van der Waals surface area contributed by atoms with E-state index >= 15 is 0 Å². The number of fused-ring (bicyclic) bond motifs is 1. The van der Waals surface area contributed by atoms with Crippen molar-refractivity contribution in [2.45, 2.75) is 97.1 Å². The Bertz CT molecular complexity index is 1390. The Morgan fingerprint density at radius 1 is 0.778 bits per heavy atom. The summed E-state index contributed by atoms with van der Waals surface area (Å²) < 4.78 is 35.5. The molecule has 3 aromatic rings. The smallest absolute Gasteiger partial charge is 0.490 e. The number of unbranched alkanes of at least 4 members (excludes halogenated alkanes) is 11. The van der Waals surface area contributed by atoms with E-state index in [4.69, 9.17) is 18.5 Å². The average Bonchev–Trinajstić information content (AvgIpc) is 3.03. The van der Waals surface area contributed by atoms with Crippen LogP contribution in [0.3, 0.4) is 0 Å². The summed E-state index contributed by atoms with van der Waals surface area (Å²) in [4.78, 5) is 12.8. The second-order valence-corrected chi connectivity index (χ2v) is 13.0. The molecule has 0 aliphatic carbocycles. The van der Waals surface area contributed by atoms with E-state index in [-0.39, 0.29) is 17.2 Å². The number of ether oxygens (including phenoxy) is 2. The highest BCUT2D eigenvalue weighted by Crippen LogP contribution is 2.49. The van der Waals surface area contributed by atoms with Crippen molar-refractivity contribution in [3.8, 4) is 23.0 Å². The molecule has 0 fully saturated rings. The van der Waals surface area contributed by atoms with Crippen LogP contribution in [0.4, 0.5) is 0 Å². The zero-order chi connectivity index (χ0) is 31.7. The molecule has 45 heavy (non-hydrogen) atoms. The van der Waals surface area contributed by atoms with Crippen LogP contribution in [-0.4, -0.2) is 23.5 Å². The van der Waals surface area contributed by atoms with E-state index < -0.39 is 7.82 Å². The number of hydrogen-bond acceptors (Lipinski definition) is 6. The van der Waals surface area contributed by atoms with Crippen LogP contribution in [-0.2, 0) is 17.7 Å². The Balaban J connectivity index is 1.21. The molecule has 0 bridgehead atoms. The fraction of sp³-hybridized carbons (Fsp3) is 0.459. The molecule has 1 aliphatic heterocycles. The standard InChI is InChI=1S/C37H50NO6P/c1-3-4-5-6-7-8-9-10-11-12-13-16-27-42-35-23-18-24-36(37(35)41-2)44-45(39,40)43-34-22-17-19-31(28-34)29-38-26-25-32-20-14-15-21-33(32)30-38/h14-15,17-26,28H,3-13,16,27,29-30H2,1-2H3,(H,39,40). The SMILES string of the molecule is CCCCCCCCCCCCCCOc1cccc(OP(=O)(O)Oc2cccc(CN3C=Cc4ccccc4C3)c2)c1OC. The predicted molar refractivity (Wildman–Crippen MR) is 182 cm³/mol. The number of para-hydroxylation sites is 1. The third-order valence-electron chi connectivity index (χ3n) is 8.01. The Morgan fingerprint density at radius 2 is 1.44 bits per heavy atom. The zero-order valence-electron chi connectivity index (χ0n) is 27.0. The maximum atomic E-state index is 13.0. The molecule has 0 aromatic heterocycles. The quantitative estimate of drug-likeness (QED) is 0.0922. The zero-order valence-corrected chi connectivity index (χ0v) is 27.9. The van der Waals surface area contributed by atoms with Crippen molar-refractivity contribution in [2.75, 3.05) is 13.7 Å². The van der Waals surface area contributed by atoms with Crippen molar-refractivity contribution < 1.29 is 28.0 Å². The van der Waals surface area contributed by atoms with Crippen LogP contribution in [0.5, 0.6) is 23.0 Å². The lowest BCUT2D eigenvalue weighted by Gasteiger charge is -2.25. The third-order valence-corrected chi connectivity index (χ3v) is 8.88. The molecule has 0 saturated carbocycles. The molecule has 1 heterocycles. The molecule has 8 heteroatoms.